The molecule has 1 heterocycles. The normalized spacial score (nSPS) is 25.0. The van der Waals surface area contributed by atoms with Gasteiger partial charge in [0.25, 0.3) is 5.91 Å². The fraction of sp³-hybridized carbons (Fsp3) is 0.333. The number of rotatable bonds is 7. The molecule has 1 aliphatic heterocycles. The zero-order valence-corrected chi connectivity index (χ0v) is 20.7. The molecule has 5 atom stereocenters. The van der Waals surface area contributed by atoms with E-state index in [-0.39, 0.29) is 30.1 Å². The number of halogens is 1. The van der Waals surface area contributed by atoms with Crippen molar-refractivity contribution in [2.75, 3.05) is 11.9 Å². The van der Waals surface area contributed by atoms with E-state index in [0.29, 0.717) is 5.69 Å². The van der Waals surface area contributed by atoms with Gasteiger partial charge < -0.3 is 10.1 Å². The second-order valence-electron chi connectivity index (χ2n) is 9.37. The van der Waals surface area contributed by atoms with Gasteiger partial charge in [0.2, 0.25) is 11.8 Å². The van der Waals surface area contributed by atoms with Gasteiger partial charge in [-0.05, 0) is 54.5 Å². The molecule has 2 aromatic carbocycles. The SMILES string of the molecule is Cc1cc(Br)ccc1NC(=O)COC(=O)[C@H](Cc1ccccc1)N1C(=O)[C@H]2[C@H](C1=O)[C@H]1C=C[C@H]2C1. The quantitative estimate of drug-likeness (QED) is 0.331. The monoisotopic (exact) mass is 536 g/mol. The number of aryl methyl sites for hydroxylation is 1. The molecule has 3 amide bonds. The molecule has 0 aromatic heterocycles. The summed E-state index contributed by atoms with van der Waals surface area (Å²) in [5.41, 5.74) is 2.25. The van der Waals surface area contributed by atoms with E-state index in [1.165, 1.54) is 0 Å². The molecule has 1 saturated heterocycles. The first-order valence-corrected chi connectivity index (χ1v) is 12.4. The Bertz CT molecular complexity index is 1200. The highest BCUT2D eigenvalue weighted by Crippen LogP contribution is 2.53. The topological polar surface area (TPSA) is 92.8 Å². The summed E-state index contributed by atoms with van der Waals surface area (Å²) in [6.07, 6.45) is 4.97. The van der Waals surface area contributed by atoms with Gasteiger partial charge in [-0.3, -0.25) is 19.3 Å². The summed E-state index contributed by atoms with van der Waals surface area (Å²) in [5.74, 6) is -2.63. The molecule has 1 saturated carbocycles. The number of likely N-dealkylation sites (tertiary alicyclic amines) is 1. The number of amides is 3. The number of nitrogens with zero attached hydrogens (tertiary/aromatic N) is 1. The van der Waals surface area contributed by atoms with Crippen molar-refractivity contribution >= 4 is 45.3 Å². The van der Waals surface area contributed by atoms with Gasteiger partial charge >= 0.3 is 5.97 Å². The van der Waals surface area contributed by atoms with Crippen LogP contribution in [0, 0.1) is 30.6 Å². The van der Waals surface area contributed by atoms with E-state index in [1.807, 2.05) is 55.5 Å². The molecule has 1 N–H and O–H groups in total. The molecule has 180 valence electrons. The zero-order valence-electron chi connectivity index (χ0n) is 19.1. The Kier molecular flexibility index (Phi) is 6.32. The van der Waals surface area contributed by atoms with Crippen molar-refractivity contribution in [3.8, 4) is 0 Å². The summed E-state index contributed by atoms with van der Waals surface area (Å²) in [6.45, 7) is 1.33. The summed E-state index contributed by atoms with van der Waals surface area (Å²) in [6, 6.07) is 13.5. The van der Waals surface area contributed by atoms with Gasteiger partial charge in [0, 0.05) is 16.6 Å². The zero-order chi connectivity index (χ0) is 24.7. The van der Waals surface area contributed by atoms with Crippen LogP contribution in [0.5, 0.6) is 0 Å². The van der Waals surface area contributed by atoms with E-state index in [0.717, 1.165) is 26.9 Å². The number of anilines is 1. The molecule has 0 unspecified atom stereocenters. The van der Waals surface area contributed by atoms with Gasteiger partial charge in [0.05, 0.1) is 11.8 Å². The van der Waals surface area contributed by atoms with Crippen molar-refractivity contribution in [1.82, 2.24) is 4.90 Å². The second-order valence-corrected chi connectivity index (χ2v) is 10.3. The number of allylic oxidation sites excluding steroid dienone is 2. The highest BCUT2D eigenvalue weighted by molar-refractivity contribution is 9.10. The van der Waals surface area contributed by atoms with Crippen LogP contribution >= 0.6 is 15.9 Å². The van der Waals surface area contributed by atoms with Crippen LogP contribution in [-0.2, 0) is 30.3 Å². The van der Waals surface area contributed by atoms with Crippen LogP contribution in [0.15, 0.2) is 65.2 Å². The van der Waals surface area contributed by atoms with Gasteiger partial charge in [-0.25, -0.2) is 4.79 Å². The Hall–Kier alpha value is -3.26. The number of hydrogen-bond donors (Lipinski definition) is 1. The third-order valence-electron chi connectivity index (χ3n) is 7.17. The van der Waals surface area contributed by atoms with E-state index in [1.54, 1.807) is 12.1 Å². The summed E-state index contributed by atoms with van der Waals surface area (Å²) < 4.78 is 6.24. The molecule has 35 heavy (non-hydrogen) atoms. The first kappa shape index (κ1) is 23.5. The van der Waals surface area contributed by atoms with Crippen LogP contribution in [-0.4, -0.2) is 41.2 Å². The molecule has 7 nitrogen and oxygen atoms in total. The van der Waals surface area contributed by atoms with Crippen LogP contribution < -0.4 is 5.32 Å². The maximum Gasteiger partial charge on any atom is 0.330 e. The first-order valence-electron chi connectivity index (χ1n) is 11.7. The Labute approximate surface area is 211 Å². The number of esters is 1. The van der Waals surface area contributed by atoms with Gasteiger partial charge in [0.1, 0.15) is 6.04 Å². The highest BCUT2D eigenvalue weighted by Gasteiger charge is 2.61. The maximum atomic E-state index is 13.3. The van der Waals surface area contributed by atoms with Crippen LogP contribution in [0.1, 0.15) is 17.5 Å². The van der Waals surface area contributed by atoms with Crippen LogP contribution in [0.3, 0.4) is 0 Å². The van der Waals surface area contributed by atoms with E-state index in [4.69, 9.17) is 4.74 Å². The molecule has 2 aliphatic carbocycles. The average molecular weight is 537 g/mol. The van der Waals surface area contributed by atoms with Gasteiger partial charge in [0.15, 0.2) is 6.61 Å². The minimum Gasteiger partial charge on any atom is -0.454 e. The molecule has 0 spiro atoms. The maximum absolute atomic E-state index is 13.3. The van der Waals surface area contributed by atoms with Crippen LogP contribution in [0.4, 0.5) is 5.69 Å². The van der Waals surface area contributed by atoms with Crippen molar-refractivity contribution in [3.63, 3.8) is 0 Å². The number of fused-ring (bicyclic) bond motifs is 5. The number of ether oxygens (including phenoxy) is 1. The molecular weight excluding hydrogens is 512 g/mol. The Morgan fingerprint density at radius 2 is 1.71 bits per heavy atom. The predicted molar refractivity (Wildman–Crippen MR) is 132 cm³/mol. The first-order chi connectivity index (χ1) is 16.8. The fourth-order valence-electron chi connectivity index (χ4n) is 5.54. The lowest BCUT2D eigenvalue weighted by Gasteiger charge is -2.26. The lowest BCUT2D eigenvalue weighted by Crippen LogP contribution is -2.48. The van der Waals surface area contributed by atoms with Crippen LogP contribution in [0.25, 0.3) is 0 Å². The minimum absolute atomic E-state index is 0.0415. The Balaban J connectivity index is 1.32. The second kappa shape index (κ2) is 9.41. The molecule has 2 bridgehead atoms. The van der Waals surface area contributed by atoms with Gasteiger partial charge in [-0.15, -0.1) is 0 Å². The number of hydrogen-bond acceptors (Lipinski definition) is 5. The van der Waals surface area contributed by atoms with E-state index >= 15 is 0 Å². The third-order valence-corrected chi connectivity index (χ3v) is 7.66. The molecule has 3 aliphatic rings. The van der Waals surface area contributed by atoms with Crippen LogP contribution in [0.2, 0.25) is 0 Å². The minimum atomic E-state index is -1.12. The van der Waals surface area contributed by atoms with Crippen molar-refractivity contribution < 1.29 is 23.9 Å². The lowest BCUT2D eigenvalue weighted by atomic mass is 9.85. The number of benzene rings is 2. The average Bonchev–Trinajstić information content (AvgIpc) is 3.52. The lowest BCUT2D eigenvalue weighted by molar-refractivity contribution is -0.160. The Morgan fingerprint density at radius 3 is 2.34 bits per heavy atom. The molecule has 2 aromatic rings. The standard InChI is InChI=1S/C27H25BrN2O5/c1-15-11-19(28)9-10-20(15)29-22(31)14-35-27(34)21(12-16-5-3-2-4-6-16)30-25(32)23-17-7-8-18(13-17)24(23)26(30)33/h2-11,17-18,21,23-24H,12-14H2,1H3,(H,29,31)/t17-,18-,21-,23+,24+/m0/s1. The third kappa shape index (κ3) is 4.43. The van der Waals surface area contributed by atoms with Crippen molar-refractivity contribution in [2.45, 2.75) is 25.8 Å². The Morgan fingerprint density at radius 1 is 1.06 bits per heavy atom. The van der Waals surface area contributed by atoms with Crippen molar-refractivity contribution in [3.05, 3.63) is 76.3 Å². The van der Waals surface area contributed by atoms with E-state index < -0.39 is 36.4 Å². The van der Waals surface area contributed by atoms with Gasteiger partial charge in [-0.2, -0.15) is 0 Å². The van der Waals surface area contributed by atoms with Gasteiger partial charge in [-0.1, -0.05) is 58.4 Å². The summed E-state index contributed by atoms with van der Waals surface area (Å²) in [4.78, 5) is 53.5. The summed E-state index contributed by atoms with van der Waals surface area (Å²) >= 11 is 3.38. The number of imide groups is 1. The number of carbonyl (C=O) groups excluding carboxylic acids is 4. The van der Waals surface area contributed by atoms with Crippen molar-refractivity contribution in [2.24, 2.45) is 23.7 Å². The molecule has 2 fully saturated rings. The highest BCUT2D eigenvalue weighted by atomic mass is 79.9. The van der Waals surface area contributed by atoms with E-state index in [9.17, 15) is 19.2 Å². The number of carbonyl (C=O) groups is 4. The largest absolute Gasteiger partial charge is 0.454 e. The summed E-state index contributed by atoms with van der Waals surface area (Å²) in [5, 5.41) is 2.73. The summed E-state index contributed by atoms with van der Waals surface area (Å²) in [7, 11) is 0. The fourth-order valence-corrected chi connectivity index (χ4v) is 6.01. The van der Waals surface area contributed by atoms with Crippen molar-refractivity contribution in [1.29, 1.82) is 0 Å². The molecular formula is C27H25BrN2O5. The van der Waals surface area contributed by atoms with E-state index in [2.05, 4.69) is 21.2 Å². The smallest absolute Gasteiger partial charge is 0.330 e. The molecule has 5 rings (SSSR count). The molecule has 8 heteroatoms. The predicted octanol–water partition coefficient (Wildman–Crippen LogP) is 3.66. The molecule has 0 radical (unpaired) electrons. The number of nitrogens with one attached hydrogen (secondary N) is 1.